The highest BCUT2D eigenvalue weighted by Gasteiger charge is 2.28. The zero-order valence-corrected chi connectivity index (χ0v) is 33.3. The van der Waals surface area contributed by atoms with Crippen molar-refractivity contribution >= 4 is 49.2 Å². The first-order valence-electron chi connectivity index (χ1n) is 20.2. The van der Waals surface area contributed by atoms with Gasteiger partial charge in [0.15, 0.2) is 0 Å². The van der Waals surface area contributed by atoms with Gasteiger partial charge in [0.2, 0.25) is 0 Å². The number of fused-ring (bicyclic) bond motifs is 6. The molecule has 2 heterocycles. The van der Waals surface area contributed by atoms with Crippen molar-refractivity contribution in [1.82, 2.24) is 9.13 Å². The van der Waals surface area contributed by atoms with Gasteiger partial charge in [0.05, 0.1) is 33.2 Å². The van der Waals surface area contributed by atoms with Gasteiger partial charge in [0, 0.05) is 55.2 Å². The molecule has 0 N–H and O–H groups in total. The van der Waals surface area contributed by atoms with Crippen LogP contribution in [-0.2, 0) is 0 Å². The van der Waals surface area contributed by atoms with Crippen molar-refractivity contribution in [1.29, 1.82) is 10.5 Å². The maximum atomic E-state index is 11.4. The highest BCUT2D eigenvalue weighted by molar-refractivity contribution is 6.10. The summed E-state index contributed by atoms with van der Waals surface area (Å²) in [5.74, 6) is 0. The number of nitriles is 2. The second-order valence-corrected chi connectivity index (χ2v) is 14.9. The summed E-state index contributed by atoms with van der Waals surface area (Å²) in [6.07, 6.45) is 6.05. The number of nitrogens with zero attached hydrogens (tertiary/aromatic N) is 4. The van der Waals surface area contributed by atoms with Crippen LogP contribution in [-0.4, -0.2) is 9.13 Å². The van der Waals surface area contributed by atoms with E-state index in [1.165, 1.54) is 21.5 Å². The molecule has 4 heteroatoms. The summed E-state index contributed by atoms with van der Waals surface area (Å²) in [5.41, 5.74) is 14.0. The van der Waals surface area contributed by atoms with Crippen LogP contribution in [0.15, 0.2) is 194 Å². The van der Waals surface area contributed by atoms with Crippen molar-refractivity contribution < 1.29 is 0 Å². The van der Waals surface area contributed by atoms with E-state index in [0.717, 1.165) is 78.0 Å². The first-order chi connectivity index (χ1) is 29.6. The molecule has 0 aliphatic carbocycles. The Hall–Kier alpha value is -8.18. The Morgan fingerprint density at radius 3 is 1.18 bits per heavy atom. The van der Waals surface area contributed by atoms with Crippen molar-refractivity contribution in [2.75, 3.05) is 0 Å². The quantitative estimate of drug-likeness (QED) is 0.152. The Morgan fingerprint density at radius 2 is 0.783 bits per heavy atom. The third-order valence-corrected chi connectivity index (χ3v) is 11.7. The van der Waals surface area contributed by atoms with Gasteiger partial charge in [-0.1, -0.05) is 146 Å². The van der Waals surface area contributed by atoms with E-state index < -0.39 is 0 Å². The van der Waals surface area contributed by atoms with Crippen molar-refractivity contribution in [3.05, 3.63) is 211 Å². The second kappa shape index (κ2) is 15.0. The molecule has 0 fully saturated rings. The van der Waals surface area contributed by atoms with Gasteiger partial charge in [0.25, 0.3) is 0 Å². The smallest absolute Gasteiger partial charge is 0.100 e. The average Bonchev–Trinajstić information content (AvgIpc) is 3.83. The van der Waals surface area contributed by atoms with Crippen LogP contribution in [0.2, 0.25) is 0 Å². The van der Waals surface area contributed by atoms with Crippen LogP contribution in [0.4, 0.5) is 0 Å². The lowest BCUT2D eigenvalue weighted by Gasteiger charge is -2.23. The van der Waals surface area contributed by atoms with E-state index in [0.29, 0.717) is 11.1 Å². The van der Waals surface area contributed by atoms with E-state index in [9.17, 15) is 10.5 Å². The van der Waals surface area contributed by atoms with Gasteiger partial charge in [-0.25, -0.2) is 0 Å². The number of para-hydroxylation sites is 4. The van der Waals surface area contributed by atoms with Crippen molar-refractivity contribution in [2.24, 2.45) is 0 Å². The van der Waals surface area contributed by atoms with E-state index in [4.69, 9.17) is 0 Å². The van der Waals surface area contributed by atoms with Crippen molar-refractivity contribution in [3.8, 4) is 56.9 Å². The number of hydrogen-bond donors (Lipinski definition) is 0. The summed E-state index contributed by atoms with van der Waals surface area (Å²) in [5, 5.41) is 27.6. The van der Waals surface area contributed by atoms with Crippen LogP contribution in [0, 0.1) is 22.7 Å². The monoisotopic (exact) mass is 766 g/mol. The lowest BCUT2D eigenvalue weighted by molar-refractivity contribution is 1.18. The standard InChI is InChI=1S/C56H38N4/c1-3-16-37(4-2)53-47(35-57)56(40-29-33-42(34-30-40)60-51-25-14-10-21-45(51)46-22-11-15-26-52(46)60)54(38-17-6-5-7-18-38)48(36-58)55(53)39-27-31-41(32-28-39)59-49-23-12-8-19-43(49)44-20-9-13-24-50(44)59/h3-34H,1-2H3/b16-3-,37-4+. The fourth-order valence-corrected chi connectivity index (χ4v) is 9.19. The molecule has 0 aliphatic heterocycles. The number of benzene rings is 8. The Bertz CT molecular complexity index is 3330. The van der Waals surface area contributed by atoms with Crippen LogP contribution >= 0.6 is 0 Å². The van der Waals surface area contributed by atoms with Crippen LogP contribution < -0.4 is 0 Å². The van der Waals surface area contributed by atoms with Crippen LogP contribution in [0.1, 0.15) is 30.5 Å². The first-order valence-corrected chi connectivity index (χ1v) is 20.2. The second-order valence-electron chi connectivity index (χ2n) is 14.9. The maximum absolute atomic E-state index is 11.4. The summed E-state index contributed by atoms with van der Waals surface area (Å²) in [4.78, 5) is 0. The van der Waals surface area contributed by atoms with E-state index >= 15 is 0 Å². The topological polar surface area (TPSA) is 57.4 Å². The minimum absolute atomic E-state index is 0.519. The van der Waals surface area contributed by atoms with Gasteiger partial charge < -0.3 is 9.13 Å². The SMILES string of the molecule is C/C=C\C(=C/C)c1c(C#N)c(-c2ccc(-n3c4ccccc4c4ccccc43)cc2)c(-c2ccccc2)c(C#N)c1-c1ccc(-n2c3ccccc3c3ccccc32)cc1. The normalized spacial score (nSPS) is 11.8. The van der Waals surface area contributed by atoms with Crippen molar-refractivity contribution in [3.63, 3.8) is 0 Å². The molecule has 10 aromatic rings. The highest BCUT2D eigenvalue weighted by atomic mass is 15.0. The molecule has 60 heavy (non-hydrogen) atoms. The highest BCUT2D eigenvalue weighted by Crippen LogP contribution is 2.48. The average molecular weight is 767 g/mol. The molecule has 0 bridgehead atoms. The molecule has 0 saturated heterocycles. The number of aromatic nitrogens is 2. The maximum Gasteiger partial charge on any atom is 0.100 e. The van der Waals surface area contributed by atoms with E-state index in [2.05, 4.69) is 167 Å². The van der Waals surface area contributed by atoms with Gasteiger partial charge in [-0.2, -0.15) is 10.5 Å². The zero-order chi connectivity index (χ0) is 40.7. The van der Waals surface area contributed by atoms with Gasteiger partial charge >= 0.3 is 0 Å². The summed E-state index contributed by atoms with van der Waals surface area (Å²) >= 11 is 0. The Morgan fingerprint density at radius 1 is 0.417 bits per heavy atom. The van der Waals surface area contributed by atoms with E-state index in [-0.39, 0.29) is 0 Å². The predicted octanol–water partition coefficient (Wildman–Crippen LogP) is 14.6. The van der Waals surface area contributed by atoms with Gasteiger partial charge in [-0.3, -0.25) is 0 Å². The third-order valence-electron chi connectivity index (χ3n) is 11.7. The molecule has 0 spiro atoms. The van der Waals surface area contributed by atoms with Crippen molar-refractivity contribution in [2.45, 2.75) is 13.8 Å². The van der Waals surface area contributed by atoms with Crippen LogP contribution in [0.3, 0.4) is 0 Å². The summed E-state index contributed by atoms with van der Waals surface area (Å²) < 4.78 is 4.58. The summed E-state index contributed by atoms with van der Waals surface area (Å²) in [6.45, 7) is 3.97. The molecular formula is C56H38N4. The Balaban J connectivity index is 1.22. The lowest BCUT2D eigenvalue weighted by Crippen LogP contribution is -2.05. The minimum atomic E-state index is 0.519. The zero-order valence-electron chi connectivity index (χ0n) is 33.3. The molecule has 0 aliphatic rings. The molecule has 0 radical (unpaired) electrons. The molecule has 10 rings (SSSR count). The van der Waals surface area contributed by atoms with E-state index in [1.807, 2.05) is 62.4 Å². The first kappa shape index (κ1) is 36.2. The van der Waals surface area contributed by atoms with Crippen LogP contribution in [0.5, 0.6) is 0 Å². The molecule has 0 atom stereocenters. The predicted molar refractivity (Wildman–Crippen MR) is 249 cm³/mol. The van der Waals surface area contributed by atoms with Gasteiger partial charge in [-0.15, -0.1) is 0 Å². The molecule has 4 nitrogen and oxygen atoms in total. The Kier molecular flexibility index (Phi) is 9.02. The lowest BCUT2D eigenvalue weighted by atomic mass is 9.77. The molecule has 2 aromatic heterocycles. The number of rotatable bonds is 7. The largest absolute Gasteiger partial charge is 0.309 e. The number of allylic oxidation sites excluding steroid dienone is 4. The molecule has 0 unspecified atom stereocenters. The van der Waals surface area contributed by atoms with Crippen LogP contribution in [0.25, 0.3) is 93.9 Å². The molecule has 0 saturated carbocycles. The third kappa shape index (κ3) is 5.66. The Labute approximate surface area is 349 Å². The fraction of sp³-hybridized carbons (Fsp3) is 0.0357. The molecule has 282 valence electrons. The summed E-state index contributed by atoms with van der Waals surface area (Å²) in [6, 6.07) is 66.2. The summed E-state index contributed by atoms with van der Waals surface area (Å²) in [7, 11) is 0. The van der Waals surface area contributed by atoms with E-state index in [1.54, 1.807) is 0 Å². The molecular weight excluding hydrogens is 729 g/mol. The van der Waals surface area contributed by atoms with Gasteiger partial charge in [-0.05, 0) is 84.6 Å². The van der Waals surface area contributed by atoms with Gasteiger partial charge in [0.1, 0.15) is 12.1 Å². The minimum Gasteiger partial charge on any atom is -0.309 e. The number of hydrogen-bond acceptors (Lipinski definition) is 2. The molecule has 8 aromatic carbocycles. The molecule has 0 amide bonds. The fourth-order valence-electron chi connectivity index (χ4n) is 9.19.